The van der Waals surface area contributed by atoms with Crippen LogP contribution in [0.25, 0.3) is 11.4 Å². The van der Waals surface area contributed by atoms with Gasteiger partial charge in [-0.25, -0.2) is 9.97 Å². The minimum Gasteiger partial charge on any atom is -0.340 e. The molecule has 4 aromatic rings. The molecule has 0 radical (unpaired) electrons. The fourth-order valence-corrected chi connectivity index (χ4v) is 3.00. The zero-order valence-corrected chi connectivity index (χ0v) is 16.1. The number of halogens is 1. The van der Waals surface area contributed by atoms with E-state index in [9.17, 15) is 4.79 Å². The van der Waals surface area contributed by atoms with Crippen molar-refractivity contribution in [1.29, 1.82) is 0 Å². The van der Waals surface area contributed by atoms with Crippen LogP contribution in [-0.4, -0.2) is 15.9 Å². The number of anilines is 3. The number of hydrogen-bond donors (Lipinski definition) is 2. The van der Waals surface area contributed by atoms with Crippen molar-refractivity contribution in [3.05, 3.63) is 102 Å². The van der Waals surface area contributed by atoms with E-state index in [2.05, 4.69) is 20.6 Å². The minimum atomic E-state index is -0.219. The third-order valence-corrected chi connectivity index (χ3v) is 4.40. The Hall–Kier alpha value is -3.70. The quantitative estimate of drug-likeness (QED) is 0.444. The maximum Gasteiger partial charge on any atom is 0.255 e. The summed E-state index contributed by atoms with van der Waals surface area (Å²) in [5.41, 5.74) is 2.85. The van der Waals surface area contributed by atoms with Crippen LogP contribution in [0.2, 0.25) is 5.02 Å². The van der Waals surface area contributed by atoms with Crippen LogP contribution in [0.5, 0.6) is 0 Å². The van der Waals surface area contributed by atoms with Gasteiger partial charge in [-0.1, -0.05) is 54.1 Å². The summed E-state index contributed by atoms with van der Waals surface area (Å²) >= 11 is 5.97. The number of nitrogens with one attached hydrogen (secondary N) is 2. The van der Waals surface area contributed by atoms with Gasteiger partial charge in [0.25, 0.3) is 5.91 Å². The fourth-order valence-electron chi connectivity index (χ4n) is 2.81. The third-order valence-electron chi connectivity index (χ3n) is 4.17. The van der Waals surface area contributed by atoms with Crippen LogP contribution < -0.4 is 10.6 Å². The maximum absolute atomic E-state index is 12.6. The molecule has 1 amide bonds. The fraction of sp³-hybridized carbons (Fsp3) is 0. The molecule has 1 heterocycles. The van der Waals surface area contributed by atoms with Crippen molar-refractivity contribution in [3.8, 4) is 11.4 Å². The highest BCUT2D eigenvalue weighted by Gasteiger charge is 2.08. The molecule has 0 fully saturated rings. The zero-order valence-electron chi connectivity index (χ0n) is 15.3. The summed E-state index contributed by atoms with van der Waals surface area (Å²) in [7, 11) is 0. The molecule has 2 N–H and O–H groups in total. The summed E-state index contributed by atoms with van der Waals surface area (Å²) < 4.78 is 0. The lowest BCUT2D eigenvalue weighted by atomic mass is 10.1. The summed E-state index contributed by atoms with van der Waals surface area (Å²) in [5.74, 6) is 1.06. The normalized spacial score (nSPS) is 10.4. The first-order valence-corrected chi connectivity index (χ1v) is 9.38. The molecule has 0 bridgehead atoms. The molecule has 0 saturated heterocycles. The largest absolute Gasteiger partial charge is 0.340 e. The van der Waals surface area contributed by atoms with Gasteiger partial charge in [0.15, 0.2) is 5.82 Å². The van der Waals surface area contributed by atoms with Gasteiger partial charge in [-0.2, -0.15) is 0 Å². The summed E-state index contributed by atoms with van der Waals surface area (Å²) in [6.45, 7) is 0. The first-order chi connectivity index (χ1) is 14.2. The van der Waals surface area contributed by atoms with Gasteiger partial charge in [0, 0.05) is 33.7 Å². The molecule has 0 aliphatic rings. The van der Waals surface area contributed by atoms with E-state index in [4.69, 9.17) is 11.6 Å². The second-order valence-electron chi connectivity index (χ2n) is 6.30. The number of carbonyl (C=O) groups is 1. The number of aromatic nitrogens is 2. The molecule has 5 nitrogen and oxygen atoms in total. The smallest absolute Gasteiger partial charge is 0.255 e. The van der Waals surface area contributed by atoms with Crippen LogP contribution >= 0.6 is 11.6 Å². The van der Waals surface area contributed by atoms with Crippen molar-refractivity contribution in [3.63, 3.8) is 0 Å². The van der Waals surface area contributed by atoms with Crippen LogP contribution in [0.3, 0.4) is 0 Å². The summed E-state index contributed by atoms with van der Waals surface area (Å²) in [4.78, 5) is 21.4. The molecule has 1 aromatic heterocycles. The standard InChI is InChI=1S/C23H17ClN4O/c24-18-9-5-11-20(15-18)27-23(29)17-8-4-10-19(14-17)26-21-12-13-25-22(28-21)16-6-2-1-3-7-16/h1-15H,(H,27,29)(H,25,26,28). The van der Waals surface area contributed by atoms with E-state index in [1.165, 1.54) is 0 Å². The Labute approximate surface area is 173 Å². The van der Waals surface area contributed by atoms with E-state index in [-0.39, 0.29) is 5.91 Å². The maximum atomic E-state index is 12.6. The Kier molecular flexibility index (Phi) is 5.49. The molecule has 0 atom stereocenters. The van der Waals surface area contributed by atoms with E-state index in [1.54, 1.807) is 48.7 Å². The SMILES string of the molecule is O=C(Nc1cccc(Cl)c1)c1cccc(Nc2ccnc(-c3ccccc3)n2)c1. The van der Waals surface area contributed by atoms with Gasteiger partial charge in [-0.05, 0) is 42.5 Å². The lowest BCUT2D eigenvalue weighted by Gasteiger charge is -2.10. The van der Waals surface area contributed by atoms with Gasteiger partial charge in [0.1, 0.15) is 5.82 Å². The van der Waals surface area contributed by atoms with Crippen molar-refractivity contribution in [2.24, 2.45) is 0 Å². The van der Waals surface area contributed by atoms with Gasteiger partial charge in [0.05, 0.1) is 0 Å². The third kappa shape index (κ3) is 4.78. The molecule has 0 unspecified atom stereocenters. The first kappa shape index (κ1) is 18.7. The van der Waals surface area contributed by atoms with Crippen molar-refractivity contribution in [1.82, 2.24) is 9.97 Å². The molecule has 0 saturated carbocycles. The first-order valence-electron chi connectivity index (χ1n) is 9.00. The number of hydrogen-bond acceptors (Lipinski definition) is 4. The molecule has 4 rings (SSSR count). The summed E-state index contributed by atoms with van der Waals surface area (Å²) in [5, 5.41) is 6.64. The van der Waals surface area contributed by atoms with Gasteiger partial charge in [-0.15, -0.1) is 0 Å². The highest BCUT2D eigenvalue weighted by molar-refractivity contribution is 6.31. The van der Waals surface area contributed by atoms with E-state index in [0.717, 1.165) is 11.3 Å². The van der Waals surface area contributed by atoms with E-state index >= 15 is 0 Å². The van der Waals surface area contributed by atoms with Crippen molar-refractivity contribution < 1.29 is 4.79 Å². The number of amides is 1. The number of nitrogens with zero attached hydrogens (tertiary/aromatic N) is 2. The van der Waals surface area contributed by atoms with Crippen molar-refractivity contribution in [2.75, 3.05) is 10.6 Å². The van der Waals surface area contributed by atoms with E-state index < -0.39 is 0 Å². The van der Waals surface area contributed by atoms with Gasteiger partial charge in [0.2, 0.25) is 0 Å². The number of benzene rings is 3. The van der Waals surface area contributed by atoms with Gasteiger partial charge in [-0.3, -0.25) is 4.79 Å². The molecule has 142 valence electrons. The zero-order chi connectivity index (χ0) is 20.1. The van der Waals surface area contributed by atoms with Crippen LogP contribution in [0.1, 0.15) is 10.4 Å². The average Bonchev–Trinajstić information content (AvgIpc) is 2.75. The second kappa shape index (κ2) is 8.54. The Bertz CT molecular complexity index is 1150. The highest BCUT2D eigenvalue weighted by Crippen LogP contribution is 2.21. The predicted octanol–water partition coefficient (Wildman–Crippen LogP) is 5.79. The topological polar surface area (TPSA) is 66.9 Å². The molecule has 3 aromatic carbocycles. The molecular weight excluding hydrogens is 384 g/mol. The van der Waals surface area contributed by atoms with Crippen LogP contribution in [0, 0.1) is 0 Å². The van der Waals surface area contributed by atoms with E-state index in [0.29, 0.717) is 27.9 Å². The second-order valence-corrected chi connectivity index (χ2v) is 6.74. The molecule has 0 aliphatic heterocycles. The molecule has 0 aliphatic carbocycles. The van der Waals surface area contributed by atoms with Crippen molar-refractivity contribution in [2.45, 2.75) is 0 Å². The van der Waals surface area contributed by atoms with Crippen LogP contribution in [-0.2, 0) is 0 Å². The van der Waals surface area contributed by atoms with Gasteiger partial charge >= 0.3 is 0 Å². The monoisotopic (exact) mass is 400 g/mol. The van der Waals surface area contributed by atoms with Crippen LogP contribution in [0.4, 0.5) is 17.2 Å². The molecule has 0 spiro atoms. The van der Waals surface area contributed by atoms with Gasteiger partial charge < -0.3 is 10.6 Å². The average molecular weight is 401 g/mol. The lowest BCUT2D eigenvalue weighted by molar-refractivity contribution is 0.102. The highest BCUT2D eigenvalue weighted by atomic mass is 35.5. The molecule has 29 heavy (non-hydrogen) atoms. The Morgan fingerprint density at radius 1 is 0.828 bits per heavy atom. The summed E-state index contributed by atoms with van der Waals surface area (Å²) in [6, 6.07) is 25.8. The Balaban J connectivity index is 1.51. The lowest BCUT2D eigenvalue weighted by Crippen LogP contribution is -2.12. The van der Waals surface area contributed by atoms with Crippen LogP contribution in [0.15, 0.2) is 91.1 Å². The number of carbonyl (C=O) groups excluding carboxylic acids is 1. The molecule has 6 heteroatoms. The Morgan fingerprint density at radius 2 is 1.62 bits per heavy atom. The predicted molar refractivity (Wildman–Crippen MR) is 117 cm³/mol. The summed E-state index contributed by atoms with van der Waals surface area (Å²) in [6.07, 6.45) is 1.70. The Morgan fingerprint density at radius 3 is 2.45 bits per heavy atom. The number of rotatable bonds is 5. The minimum absolute atomic E-state index is 0.219. The van der Waals surface area contributed by atoms with Crippen molar-refractivity contribution >= 4 is 34.7 Å². The molecular formula is C23H17ClN4O. The van der Waals surface area contributed by atoms with E-state index in [1.807, 2.05) is 42.5 Å².